The molecule has 0 aliphatic rings. The van der Waals surface area contributed by atoms with Crippen LogP contribution in [0.1, 0.15) is 0 Å². The van der Waals surface area contributed by atoms with E-state index >= 15 is 0 Å². The third-order valence-corrected chi connectivity index (χ3v) is 3.29. The molecule has 0 aliphatic heterocycles. The van der Waals surface area contributed by atoms with Crippen LogP contribution in [0.3, 0.4) is 0 Å². The number of fused-ring (bicyclic) bond motifs is 1. The summed E-state index contributed by atoms with van der Waals surface area (Å²) in [6.07, 6.45) is 1.50. The summed E-state index contributed by atoms with van der Waals surface area (Å²) in [7, 11) is 3.19. The Morgan fingerprint density at radius 1 is 1.00 bits per heavy atom. The maximum absolute atomic E-state index is 5.80. The second-order valence-electron chi connectivity index (χ2n) is 4.70. The van der Waals surface area contributed by atoms with Crippen molar-refractivity contribution in [3.63, 3.8) is 0 Å². The lowest BCUT2D eigenvalue weighted by Crippen LogP contribution is -1.98. The zero-order valence-electron chi connectivity index (χ0n) is 12.7. The van der Waals surface area contributed by atoms with Gasteiger partial charge in [-0.05, 0) is 24.3 Å². The molecule has 0 amide bonds. The second-order valence-corrected chi connectivity index (χ2v) is 4.70. The molecule has 0 saturated carbocycles. The van der Waals surface area contributed by atoms with Crippen molar-refractivity contribution < 1.29 is 9.47 Å². The smallest absolute Gasteiger partial charge is 0.162 e. The van der Waals surface area contributed by atoms with Gasteiger partial charge in [0.25, 0.3) is 0 Å². The molecule has 0 fully saturated rings. The minimum atomic E-state index is 0. The van der Waals surface area contributed by atoms with E-state index < -0.39 is 0 Å². The van der Waals surface area contributed by atoms with Gasteiger partial charge >= 0.3 is 0 Å². The van der Waals surface area contributed by atoms with E-state index in [0.29, 0.717) is 23.0 Å². The number of rotatable bonds is 4. The number of ether oxygens (including phenoxy) is 2. The quantitative estimate of drug-likeness (QED) is 0.713. The number of methoxy groups -OCH3 is 2. The van der Waals surface area contributed by atoms with E-state index in [1.807, 2.05) is 36.4 Å². The summed E-state index contributed by atoms with van der Waals surface area (Å²) in [4.78, 5) is 8.58. The third kappa shape index (κ3) is 3.37. The number of benzene rings is 2. The van der Waals surface area contributed by atoms with Crippen LogP contribution in [-0.2, 0) is 0 Å². The topological polar surface area (TPSA) is 82.3 Å². The van der Waals surface area contributed by atoms with Crippen LogP contribution in [0.25, 0.3) is 10.9 Å². The van der Waals surface area contributed by atoms with Crippen LogP contribution in [0, 0.1) is 0 Å². The van der Waals surface area contributed by atoms with Gasteiger partial charge in [-0.2, -0.15) is 0 Å². The standard InChI is InChI=1S/C16H16N4O2.ClH/c1-21-14-7-12-13(8-15(14)22-2)18-9-19-16(12)20-11-5-3-4-10(17)6-11;/h3-9H,17H2,1-2H3,(H,18,19,20);1H. The van der Waals surface area contributed by atoms with Crippen molar-refractivity contribution in [1.82, 2.24) is 9.97 Å². The van der Waals surface area contributed by atoms with Gasteiger partial charge in [0.2, 0.25) is 0 Å². The number of hydrogen-bond donors (Lipinski definition) is 2. The molecule has 2 aromatic carbocycles. The lowest BCUT2D eigenvalue weighted by Gasteiger charge is -2.12. The summed E-state index contributed by atoms with van der Waals surface area (Å²) in [6.45, 7) is 0. The number of anilines is 3. The minimum absolute atomic E-state index is 0. The van der Waals surface area contributed by atoms with Gasteiger partial charge in [-0.15, -0.1) is 12.4 Å². The normalized spacial score (nSPS) is 10.0. The van der Waals surface area contributed by atoms with Crippen molar-refractivity contribution in [2.24, 2.45) is 0 Å². The number of halogens is 1. The molecule has 6 nitrogen and oxygen atoms in total. The molecule has 23 heavy (non-hydrogen) atoms. The molecule has 7 heteroatoms. The average molecular weight is 333 g/mol. The first-order chi connectivity index (χ1) is 10.7. The van der Waals surface area contributed by atoms with Gasteiger partial charge in [0.15, 0.2) is 11.5 Å². The molecule has 0 saturated heterocycles. The highest BCUT2D eigenvalue weighted by molar-refractivity contribution is 5.93. The minimum Gasteiger partial charge on any atom is -0.493 e. The first-order valence-corrected chi connectivity index (χ1v) is 6.70. The van der Waals surface area contributed by atoms with Crippen LogP contribution >= 0.6 is 12.4 Å². The van der Waals surface area contributed by atoms with Crippen molar-refractivity contribution >= 4 is 40.5 Å². The Kier molecular flexibility index (Phi) is 5.08. The van der Waals surface area contributed by atoms with Crippen LogP contribution in [0.5, 0.6) is 11.5 Å². The largest absolute Gasteiger partial charge is 0.493 e. The van der Waals surface area contributed by atoms with Gasteiger partial charge in [-0.3, -0.25) is 0 Å². The number of hydrogen-bond acceptors (Lipinski definition) is 6. The maximum atomic E-state index is 5.80. The number of nitrogens with zero attached hydrogens (tertiary/aromatic N) is 2. The lowest BCUT2D eigenvalue weighted by atomic mass is 10.2. The fourth-order valence-electron chi connectivity index (χ4n) is 2.24. The molecule has 3 aromatic rings. The number of aromatic nitrogens is 2. The molecule has 3 N–H and O–H groups in total. The molecule has 0 radical (unpaired) electrons. The SMILES string of the molecule is COc1cc2ncnc(Nc3cccc(N)c3)c2cc1OC.Cl. The summed E-state index contributed by atoms with van der Waals surface area (Å²) in [6, 6.07) is 11.1. The molecular weight excluding hydrogens is 316 g/mol. The van der Waals surface area contributed by atoms with Crippen molar-refractivity contribution in [3.05, 3.63) is 42.7 Å². The summed E-state index contributed by atoms with van der Waals surface area (Å²) < 4.78 is 10.6. The number of nitrogens with one attached hydrogen (secondary N) is 1. The van der Waals surface area contributed by atoms with Crippen LogP contribution in [0.4, 0.5) is 17.2 Å². The van der Waals surface area contributed by atoms with E-state index in [0.717, 1.165) is 16.6 Å². The van der Waals surface area contributed by atoms with Crippen LogP contribution in [0.15, 0.2) is 42.7 Å². The first kappa shape index (κ1) is 16.6. The van der Waals surface area contributed by atoms with Crippen LogP contribution in [0.2, 0.25) is 0 Å². The Bertz CT molecular complexity index is 826. The molecule has 0 bridgehead atoms. The summed E-state index contributed by atoms with van der Waals surface area (Å²) >= 11 is 0. The molecule has 1 heterocycles. The van der Waals surface area contributed by atoms with E-state index in [1.165, 1.54) is 6.33 Å². The van der Waals surface area contributed by atoms with Crippen molar-refractivity contribution in [2.45, 2.75) is 0 Å². The van der Waals surface area contributed by atoms with E-state index in [4.69, 9.17) is 15.2 Å². The zero-order valence-corrected chi connectivity index (χ0v) is 13.6. The van der Waals surface area contributed by atoms with Gasteiger partial charge in [0, 0.05) is 22.8 Å². The van der Waals surface area contributed by atoms with E-state index in [9.17, 15) is 0 Å². The Labute approximate surface area is 140 Å². The van der Waals surface area contributed by atoms with Gasteiger partial charge < -0.3 is 20.5 Å². The van der Waals surface area contributed by atoms with E-state index in [1.54, 1.807) is 14.2 Å². The predicted octanol–water partition coefficient (Wildman–Crippen LogP) is 3.39. The summed E-state index contributed by atoms with van der Waals surface area (Å²) in [5.74, 6) is 1.93. The fourth-order valence-corrected chi connectivity index (χ4v) is 2.24. The van der Waals surface area contributed by atoms with Crippen molar-refractivity contribution in [3.8, 4) is 11.5 Å². The Morgan fingerprint density at radius 2 is 1.74 bits per heavy atom. The lowest BCUT2D eigenvalue weighted by molar-refractivity contribution is 0.356. The van der Waals surface area contributed by atoms with Gasteiger partial charge in [0.1, 0.15) is 12.1 Å². The molecule has 0 atom stereocenters. The van der Waals surface area contributed by atoms with Gasteiger partial charge in [0.05, 0.1) is 19.7 Å². The van der Waals surface area contributed by atoms with E-state index in [-0.39, 0.29) is 12.4 Å². The second kappa shape index (κ2) is 7.02. The fraction of sp³-hybridized carbons (Fsp3) is 0.125. The molecular formula is C16H17ClN4O2. The monoisotopic (exact) mass is 332 g/mol. The molecule has 0 unspecified atom stereocenters. The molecule has 120 valence electrons. The van der Waals surface area contributed by atoms with Crippen molar-refractivity contribution in [2.75, 3.05) is 25.3 Å². The molecule has 3 rings (SSSR count). The molecule has 1 aromatic heterocycles. The summed E-state index contributed by atoms with van der Waals surface area (Å²) in [5.41, 5.74) is 8.10. The van der Waals surface area contributed by atoms with Crippen LogP contribution in [-0.4, -0.2) is 24.2 Å². The molecule has 0 aliphatic carbocycles. The highest BCUT2D eigenvalue weighted by atomic mass is 35.5. The van der Waals surface area contributed by atoms with Crippen LogP contribution < -0.4 is 20.5 Å². The maximum Gasteiger partial charge on any atom is 0.162 e. The Morgan fingerprint density at radius 3 is 2.43 bits per heavy atom. The van der Waals surface area contributed by atoms with Crippen molar-refractivity contribution in [1.29, 1.82) is 0 Å². The predicted molar refractivity (Wildman–Crippen MR) is 94.0 cm³/mol. The van der Waals surface area contributed by atoms with E-state index in [2.05, 4.69) is 15.3 Å². The summed E-state index contributed by atoms with van der Waals surface area (Å²) in [5, 5.41) is 4.08. The number of nitrogen functional groups attached to an aromatic ring is 1. The third-order valence-electron chi connectivity index (χ3n) is 3.29. The number of nitrogens with two attached hydrogens (primary N) is 1. The van der Waals surface area contributed by atoms with Gasteiger partial charge in [-0.25, -0.2) is 9.97 Å². The van der Waals surface area contributed by atoms with Gasteiger partial charge in [-0.1, -0.05) is 6.07 Å². The highest BCUT2D eigenvalue weighted by Crippen LogP contribution is 2.34. The average Bonchev–Trinajstić information content (AvgIpc) is 2.54. The highest BCUT2D eigenvalue weighted by Gasteiger charge is 2.11. The first-order valence-electron chi connectivity index (χ1n) is 6.70. The zero-order chi connectivity index (χ0) is 15.5. The Balaban J connectivity index is 0.00000192. The Hall–Kier alpha value is -2.73. The molecule has 0 spiro atoms.